The lowest BCUT2D eigenvalue weighted by atomic mass is 10.1. The molecule has 1 aliphatic heterocycles. The quantitative estimate of drug-likeness (QED) is 0.944. The van der Waals surface area contributed by atoms with Crippen LogP contribution in [0.25, 0.3) is 11.3 Å². The molecule has 5 heteroatoms. The molecular weight excluding hydrogens is 306 g/mol. The summed E-state index contributed by atoms with van der Waals surface area (Å²) >= 11 is 3.56. The number of hydrogen-bond acceptors (Lipinski definition) is 3. The molecule has 1 aromatic heterocycles. The summed E-state index contributed by atoms with van der Waals surface area (Å²) in [5, 5.41) is 3.13. The second-order valence-corrected chi connectivity index (χ2v) is 5.43. The van der Waals surface area contributed by atoms with Crippen molar-refractivity contribution < 1.29 is 4.74 Å². The van der Waals surface area contributed by atoms with Crippen LogP contribution in [0.4, 0.5) is 0 Å². The lowest BCUT2D eigenvalue weighted by Gasteiger charge is -2.07. The standard InChI is InChI=1S/C14H16BrN3O/c1-16-8-12-17-14(15)13(18(12)2)10-3-4-11-9(7-10)5-6-19-11/h3-4,7,16H,5-6,8H2,1-2H3. The van der Waals surface area contributed by atoms with E-state index in [9.17, 15) is 0 Å². The molecule has 1 aromatic carbocycles. The van der Waals surface area contributed by atoms with Crippen LogP contribution in [0.5, 0.6) is 5.75 Å². The number of nitrogens with zero attached hydrogens (tertiary/aromatic N) is 2. The summed E-state index contributed by atoms with van der Waals surface area (Å²) in [5.41, 5.74) is 3.56. The summed E-state index contributed by atoms with van der Waals surface area (Å²) in [6.45, 7) is 1.54. The molecule has 0 radical (unpaired) electrons. The summed E-state index contributed by atoms with van der Waals surface area (Å²) < 4.78 is 8.56. The first-order valence-electron chi connectivity index (χ1n) is 6.32. The summed E-state index contributed by atoms with van der Waals surface area (Å²) in [4.78, 5) is 4.56. The van der Waals surface area contributed by atoms with Gasteiger partial charge in [0.05, 0.1) is 18.8 Å². The highest BCUT2D eigenvalue weighted by molar-refractivity contribution is 9.10. The van der Waals surface area contributed by atoms with E-state index in [1.807, 2.05) is 14.1 Å². The Morgan fingerprint density at radius 3 is 3.11 bits per heavy atom. The van der Waals surface area contributed by atoms with Crippen LogP contribution >= 0.6 is 15.9 Å². The van der Waals surface area contributed by atoms with Crippen LogP contribution in [0.3, 0.4) is 0 Å². The van der Waals surface area contributed by atoms with Gasteiger partial charge in [-0.1, -0.05) is 0 Å². The van der Waals surface area contributed by atoms with E-state index < -0.39 is 0 Å². The molecular formula is C14H16BrN3O. The Morgan fingerprint density at radius 2 is 2.32 bits per heavy atom. The van der Waals surface area contributed by atoms with Crippen LogP contribution in [-0.2, 0) is 20.0 Å². The zero-order valence-electron chi connectivity index (χ0n) is 11.0. The van der Waals surface area contributed by atoms with Crippen molar-refractivity contribution in [3.05, 3.63) is 34.2 Å². The van der Waals surface area contributed by atoms with Gasteiger partial charge in [-0.15, -0.1) is 0 Å². The van der Waals surface area contributed by atoms with E-state index in [1.165, 1.54) is 11.1 Å². The SMILES string of the molecule is CNCc1nc(Br)c(-c2ccc3c(c2)CCO3)n1C. The summed E-state index contributed by atoms with van der Waals surface area (Å²) in [7, 11) is 3.97. The normalized spacial score (nSPS) is 13.4. The van der Waals surface area contributed by atoms with Gasteiger partial charge in [0.2, 0.25) is 0 Å². The number of imidazole rings is 1. The minimum Gasteiger partial charge on any atom is -0.493 e. The lowest BCUT2D eigenvalue weighted by Crippen LogP contribution is -2.10. The van der Waals surface area contributed by atoms with Crippen molar-refractivity contribution in [3.8, 4) is 17.0 Å². The molecule has 2 heterocycles. The summed E-state index contributed by atoms with van der Waals surface area (Å²) in [6, 6.07) is 6.34. The maximum Gasteiger partial charge on any atom is 0.132 e. The van der Waals surface area contributed by atoms with Gasteiger partial charge < -0.3 is 14.6 Å². The van der Waals surface area contributed by atoms with Gasteiger partial charge in [-0.05, 0) is 46.7 Å². The van der Waals surface area contributed by atoms with E-state index in [-0.39, 0.29) is 0 Å². The maximum absolute atomic E-state index is 5.55. The zero-order valence-corrected chi connectivity index (χ0v) is 12.6. The molecule has 1 N–H and O–H groups in total. The molecule has 4 nitrogen and oxygen atoms in total. The molecule has 0 bridgehead atoms. The minimum absolute atomic E-state index is 0.753. The molecule has 2 aromatic rings. The molecule has 19 heavy (non-hydrogen) atoms. The average Bonchev–Trinajstić information content (AvgIpc) is 2.95. The van der Waals surface area contributed by atoms with Crippen molar-refractivity contribution >= 4 is 15.9 Å². The lowest BCUT2D eigenvalue weighted by molar-refractivity contribution is 0.357. The number of rotatable bonds is 3. The average molecular weight is 322 g/mol. The highest BCUT2D eigenvalue weighted by Crippen LogP contribution is 2.33. The van der Waals surface area contributed by atoms with E-state index >= 15 is 0 Å². The number of benzene rings is 1. The number of aromatic nitrogens is 2. The molecule has 0 atom stereocenters. The van der Waals surface area contributed by atoms with Crippen LogP contribution in [0.2, 0.25) is 0 Å². The first kappa shape index (κ1) is 12.7. The molecule has 0 fully saturated rings. The fourth-order valence-electron chi connectivity index (χ4n) is 2.47. The fourth-order valence-corrected chi connectivity index (χ4v) is 3.17. The van der Waals surface area contributed by atoms with Gasteiger partial charge in [0.1, 0.15) is 16.2 Å². The number of halogens is 1. The zero-order chi connectivity index (χ0) is 13.4. The van der Waals surface area contributed by atoms with Crippen molar-refractivity contribution in [1.82, 2.24) is 14.9 Å². The van der Waals surface area contributed by atoms with E-state index in [2.05, 4.69) is 49.0 Å². The fraction of sp³-hybridized carbons (Fsp3) is 0.357. The Hall–Kier alpha value is -1.33. The molecule has 0 amide bonds. The minimum atomic E-state index is 0.753. The third-order valence-electron chi connectivity index (χ3n) is 3.44. The van der Waals surface area contributed by atoms with Gasteiger partial charge in [-0.2, -0.15) is 0 Å². The molecule has 0 unspecified atom stereocenters. The van der Waals surface area contributed by atoms with Gasteiger partial charge in [-0.3, -0.25) is 0 Å². The van der Waals surface area contributed by atoms with Gasteiger partial charge >= 0.3 is 0 Å². The van der Waals surface area contributed by atoms with Crippen LogP contribution < -0.4 is 10.1 Å². The Balaban J connectivity index is 2.07. The van der Waals surface area contributed by atoms with Crippen molar-refractivity contribution in [1.29, 1.82) is 0 Å². The first-order valence-corrected chi connectivity index (χ1v) is 7.12. The number of ether oxygens (including phenoxy) is 1. The van der Waals surface area contributed by atoms with Gasteiger partial charge in [0.25, 0.3) is 0 Å². The van der Waals surface area contributed by atoms with E-state index in [4.69, 9.17) is 4.74 Å². The Kier molecular flexibility index (Phi) is 3.33. The van der Waals surface area contributed by atoms with Crippen molar-refractivity contribution in [2.45, 2.75) is 13.0 Å². The number of nitrogens with one attached hydrogen (secondary N) is 1. The summed E-state index contributed by atoms with van der Waals surface area (Å²) in [5.74, 6) is 2.03. The number of hydrogen-bond donors (Lipinski definition) is 1. The smallest absolute Gasteiger partial charge is 0.132 e. The van der Waals surface area contributed by atoms with Gasteiger partial charge in [-0.25, -0.2) is 4.98 Å². The monoisotopic (exact) mass is 321 g/mol. The largest absolute Gasteiger partial charge is 0.493 e. The Labute approximate surface area is 120 Å². The molecule has 100 valence electrons. The van der Waals surface area contributed by atoms with Crippen molar-refractivity contribution in [2.75, 3.05) is 13.7 Å². The van der Waals surface area contributed by atoms with Crippen LogP contribution in [0.1, 0.15) is 11.4 Å². The molecule has 0 saturated heterocycles. The molecule has 0 aliphatic carbocycles. The Morgan fingerprint density at radius 1 is 1.47 bits per heavy atom. The molecule has 0 spiro atoms. The van der Waals surface area contributed by atoms with E-state index in [0.717, 1.165) is 41.4 Å². The molecule has 1 aliphatic rings. The van der Waals surface area contributed by atoms with Gasteiger partial charge in [0, 0.05) is 19.0 Å². The second-order valence-electron chi connectivity index (χ2n) is 4.68. The van der Waals surface area contributed by atoms with E-state index in [1.54, 1.807) is 0 Å². The maximum atomic E-state index is 5.55. The van der Waals surface area contributed by atoms with E-state index in [0.29, 0.717) is 0 Å². The molecule has 3 rings (SSSR count). The third-order valence-corrected chi connectivity index (χ3v) is 4.00. The highest BCUT2D eigenvalue weighted by Gasteiger charge is 2.17. The predicted molar refractivity (Wildman–Crippen MR) is 78.3 cm³/mol. The van der Waals surface area contributed by atoms with Crippen LogP contribution in [-0.4, -0.2) is 23.2 Å². The predicted octanol–water partition coefficient (Wildman–Crippen LogP) is 2.50. The van der Waals surface area contributed by atoms with Crippen LogP contribution in [0.15, 0.2) is 22.8 Å². The van der Waals surface area contributed by atoms with Gasteiger partial charge in [0.15, 0.2) is 0 Å². The second kappa shape index (κ2) is 4.98. The van der Waals surface area contributed by atoms with Crippen molar-refractivity contribution in [2.24, 2.45) is 7.05 Å². The highest BCUT2D eigenvalue weighted by atomic mass is 79.9. The molecule has 0 saturated carbocycles. The number of fused-ring (bicyclic) bond motifs is 1. The van der Waals surface area contributed by atoms with Crippen LogP contribution in [0, 0.1) is 0 Å². The Bertz CT molecular complexity index is 621. The third kappa shape index (κ3) is 2.17. The topological polar surface area (TPSA) is 39.1 Å². The van der Waals surface area contributed by atoms with Crippen molar-refractivity contribution in [3.63, 3.8) is 0 Å². The first-order chi connectivity index (χ1) is 9.20. The summed E-state index contributed by atoms with van der Waals surface area (Å²) in [6.07, 6.45) is 0.988.